The molecule has 3 aromatic rings. The van der Waals surface area contributed by atoms with Gasteiger partial charge < -0.3 is 9.47 Å². The Morgan fingerprint density at radius 2 is 2.03 bits per heavy atom. The largest absolute Gasteiger partial charge is 0.474 e. The first-order valence-corrected chi connectivity index (χ1v) is 11.4. The van der Waals surface area contributed by atoms with Gasteiger partial charge in [0, 0.05) is 42.1 Å². The monoisotopic (exact) mass is 433 g/mol. The number of allylic oxidation sites excluding steroid dienone is 1. The quantitative estimate of drug-likeness (QED) is 0.541. The molecule has 0 saturated carbocycles. The minimum atomic E-state index is -0.0218. The zero-order valence-electron chi connectivity index (χ0n) is 19.4. The van der Waals surface area contributed by atoms with Crippen molar-refractivity contribution in [1.82, 2.24) is 20.0 Å². The maximum absolute atomic E-state index is 6.40. The number of hydrogen-bond acceptors (Lipinski definition) is 5. The third kappa shape index (κ3) is 3.75. The van der Waals surface area contributed by atoms with Crippen molar-refractivity contribution >= 4 is 16.6 Å². The third-order valence-corrected chi connectivity index (χ3v) is 6.53. The highest BCUT2D eigenvalue weighted by molar-refractivity contribution is 5.93. The molecule has 1 N–H and O–H groups in total. The Bertz CT molecular complexity index is 1200. The molecule has 4 atom stereocenters. The molecule has 2 aliphatic heterocycles. The molecule has 1 aromatic carbocycles. The minimum absolute atomic E-state index is 0.00187. The van der Waals surface area contributed by atoms with Gasteiger partial charge in [-0.2, -0.15) is 10.2 Å². The second-order valence-corrected chi connectivity index (χ2v) is 9.24. The summed E-state index contributed by atoms with van der Waals surface area (Å²) in [5.74, 6) is 1.26. The van der Waals surface area contributed by atoms with Crippen LogP contribution in [0.1, 0.15) is 52.1 Å². The predicted molar refractivity (Wildman–Crippen MR) is 126 cm³/mol. The van der Waals surface area contributed by atoms with E-state index in [1.165, 1.54) is 0 Å². The molecule has 0 aliphatic carbocycles. The Labute approximate surface area is 188 Å². The van der Waals surface area contributed by atoms with E-state index < -0.39 is 0 Å². The molecule has 0 fully saturated rings. The van der Waals surface area contributed by atoms with Crippen LogP contribution in [0.2, 0.25) is 0 Å². The maximum atomic E-state index is 6.40. The van der Waals surface area contributed by atoms with Crippen molar-refractivity contribution < 1.29 is 9.47 Å². The molecule has 0 amide bonds. The number of nitrogens with zero attached hydrogens (tertiary/aromatic N) is 4. The van der Waals surface area contributed by atoms with E-state index in [2.05, 4.69) is 67.3 Å². The number of nitrogens with one attached hydrogen (secondary N) is 1. The van der Waals surface area contributed by atoms with Gasteiger partial charge in [-0.1, -0.05) is 26.0 Å². The number of hydrogen-bond donors (Lipinski definition) is 1. The summed E-state index contributed by atoms with van der Waals surface area (Å²) in [6.07, 6.45) is 5.66. The average Bonchev–Trinajstić information content (AvgIpc) is 3.32. The lowest BCUT2D eigenvalue weighted by Crippen LogP contribution is -2.34. The molecular weight excluding hydrogens is 402 g/mol. The molecule has 3 unspecified atom stereocenters. The zero-order chi connectivity index (χ0) is 22.4. The Kier molecular flexibility index (Phi) is 5.37. The van der Waals surface area contributed by atoms with Crippen LogP contribution in [-0.4, -0.2) is 44.5 Å². The van der Waals surface area contributed by atoms with E-state index >= 15 is 0 Å². The number of aromatic amines is 1. The molecule has 0 saturated heterocycles. The molecule has 5 rings (SSSR count). The summed E-state index contributed by atoms with van der Waals surface area (Å²) in [5, 5.41) is 13.5. The Morgan fingerprint density at radius 1 is 1.19 bits per heavy atom. The van der Waals surface area contributed by atoms with Gasteiger partial charge in [0.25, 0.3) is 0 Å². The molecule has 32 heavy (non-hydrogen) atoms. The predicted octanol–water partition coefficient (Wildman–Crippen LogP) is 5.01. The van der Waals surface area contributed by atoms with Crippen LogP contribution in [0.4, 0.5) is 0 Å². The lowest BCUT2D eigenvalue weighted by molar-refractivity contribution is 0.0504. The van der Waals surface area contributed by atoms with Gasteiger partial charge in [-0.05, 0) is 38.0 Å². The van der Waals surface area contributed by atoms with E-state index in [0.717, 1.165) is 57.9 Å². The fourth-order valence-electron chi connectivity index (χ4n) is 4.87. The summed E-state index contributed by atoms with van der Waals surface area (Å²) in [7, 11) is 1.92. The van der Waals surface area contributed by atoms with Crippen LogP contribution in [0.25, 0.3) is 22.0 Å². The van der Waals surface area contributed by atoms with Crippen molar-refractivity contribution in [2.75, 3.05) is 6.61 Å². The fraction of sp³-hybridized carbons (Fsp3) is 0.480. The molecule has 0 spiro atoms. The Balaban J connectivity index is 1.61. The molecule has 4 heterocycles. The van der Waals surface area contributed by atoms with Crippen LogP contribution < -0.4 is 4.74 Å². The normalized spacial score (nSPS) is 26.4. The number of ether oxygens (including phenoxy) is 2. The number of benzene rings is 1. The summed E-state index contributed by atoms with van der Waals surface area (Å²) in [6.45, 7) is 9.20. The summed E-state index contributed by atoms with van der Waals surface area (Å²) in [5.41, 5.74) is 6.32. The van der Waals surface area contributed by atoms with Crippen LogP contribution in [-0.2, 0) is 11.8 Å². The number of aromatic nitrogens is 4. The van der Waals surface area contributed by atoms with Crippen LogP contribution >= 0.6 is 0 Å². The van der Waals surface area contributed by atoms with Gasteiger partial charge in [0.15, 0.2) is 0 Å². The summed E-state index contributed by atoms with van der Waals surface area (Å²) >= 11 is 0. The van der Waals surface area contributed by atoms with Gasteiger partial charge in [0.2, 0.25) is 5.88 Å². The highest BCUT2D eigenvalue weighted by atomic mass is 16.5. The highest BCUT2D eigenvalue weighted by Gasteiger charge is 2.29. The SMILES string of the molecule is CC1=CC(C)C2OCC[C@H](C)Oc3c(cnn3C)-c3ccc4[nH]nc(c4c3)C(C)CC2=N1. The first kappa shape index (κ1) is 20.9. The van der Waals surface area contributed by atoms with Crippen molar-refractivity contribution in [2.45, 2.75) is 58.7 Å². The molecule has 2 aromatic heterocycles. The van der Waals surface area contributed by atoms with Gasteiger partial charge in [0.1, 0.15) is 6.10 Å². The third-order valence-electron chi connectivity index (χ3n) is 6.53. The Morgan fingerprint density at radius 3 is 2.88 bits per heavy atom. The van der Waals surface area contributed by atoms with E-state index in [-0.39, 0.29) is 24.0 Å². The van der Waals surface area contributed by atoms with Crippen molar-refractivity contribution in [3.8, 4) is 17.0 Å². The molecule has 0 radical (unpaired) electrons. The molecule has 7 nitrogen and oxygen atoms in total. The summed E-state index contributed by atoms with van der Waals surface area (Å²) in [6, 6.07) is 6.39. The molecule has 2 aliphatic rings. The van der Waals surface area contributed by atoms with Gasteiger partial charge in [-0.3, -0.25) is 10.1 Å². The van der Waals surface area contributed by atoms with Crippen LogP contribution in [0, 0.1) is 5.92 Å². The smallest absolute Gasteiger partial charge is 0.219 e. The highest BCUT2D eigenvalue weighted by Crippen LogP contribution is 2.36. The number of fused-ring (bicyclic) bond motifs is 4. The molecule has 7 heteroatoms. The number of aryl methyl sites for hydroxylation is 1. The number of rotatable bonds is 0. The van der Waals surface area contributed by atoms with Crippen molar-refractivity contribution in [3.05, 3.63) is 41.9 Å². The van der Waals surface area contributed by atoms with E-state index in [9.17, 15) is 0 Å². The van der Waals surface area contributed by atoms with E-state index in [0.29, 0.717) is 6.61 Å². The maximum Gasteiger partial charge on any atom is 0.219 e. The van der Waals surface area contributed by atoms with E-state index in [1.807, 2.05) is 13.2 Å². The Hall–Kier alpha value is -2.93. The van der Waals surface area contributed by atoms with Gasteiger partial charge >= 0.3 is 0 Å². The van der Waals surface area contributed by atoms with Crippen LogP contribution in [0.5, 0.6) is 5.88 Å². The lowest BCUT2D eigenvalue weighted by atomic mass is 9.88. The van der Waals surface area contributed by atoms with Crippen molar-refractivity contribution in [3.63, 3.8) is 0 Å². The summed E-state index contributed by atoms with van der Waals surface area (Å²) < 4.78 is 14.5. The zero-order valence-corrected chi connectivity index (χ0v) is 19.4. The first-order chi connectivity index (χ1) is 15.4. The van der Waals surface area contributed by atoms with E-state index in [1.54, 1.807) is 4.68 Å². The first-order valence-electron chi connectivity index (χ1n) is 11.4. The topological polar surface area (TPSA) is 77.3 Å². The van der Waals surface area contributed by atoms with E-state index in [4.69, 9.17) is 14.5 Å². The number of H-pyrrole nitrogens is 1. The average molecular weight is 434 g/mol. The fourth-order valence-corrected chi connectivity index (χ4v) is 4.87. The van der Waals surface area contributed by atoms with Gasteiger partial charge in [-0.25, -0.2) is 4.68 Å². The van der Waals surface area contributed by atoms with Crippen LogP contribution in [0.3, 0.4) is 0 Å². The molecular formula is C25H31N5O2. The van der Waals surface area contributed by atoms with Crippen molar-refractivity contribution in [1.29, 1.82) is 0 Å². The van der Waals surface area contributed by atoms with Crippen LogP contribution in [0.15, 0.2) is 41.2 Å². The van der Waals surface area contributed by atoms with Gasteiger partial charge in [-0.15, -0.1) is 0 Å². The second kappa shape index (κ2) is 8.20. The summed E-state index contributed by atoms with van der Waals surface area (Å²) in [4.78, 5) is 4.90. The molecule has 168 valence electrons. The second-order valence-electron chi connectivity index (χ2n) is 9.24. The number of aliphatic imine (C=N–C) groups is 1. The lowest BCUT2D eigenvalue weighted by Gasteiger charge is -2.29. The van der Waals surface area contributed by atoms with Gasteiger partial charge in [0.05, 0.1) is 35.7 Å². The minimum Gasteiger partial charge on any atom is -0.474 e. The standard InChI is InChI=1S/C25H31N5O2/c1-14-11-22-24(15(2)10-16(3)27-22)31-9-8-17(4)32-25-20(13-26-30(25)5)18-6-7-21-19(12-18)23(14)29-28-21/h6-7,10,12-15,17,24H,8-9,11H2,1-5H3,(H,28,29)/t14?,15?,17-,24?/m0/s1. The van der Waals surface area contributed by atoms with Crippen molar-refractivity contribution in [2.24, 2.45) is 18.0 Å². The molecule has 2 bridgehead atoms.